The van der Waals surface area contributed by atoms with E-state index < -0.39 is 50.2 Å². The van der Waals surface area contributed by atoms with Crippen molar-refractivity contribution in [2.45, 2.75) is 12.4 Å². The number of ketones is 2. The molecule has 0 saturated heterocycles. The summed E-state index contributed by atoms with van der Waals surface area (Å²) in [6.07, 6.45) is -10.5. The Morgan fingerprint density at radius 1 is 0.614 bits per heavy atom. The van der Waals surface area contributed by atoms with E-state index in [1.165, 1.54) is 0 Å². The molecule has 3 rings (SSSR count). The second-order valence-corrected chi connectivity index (χ2v) is 26.1. The van der Waals surface area contributed by atoms with E-state index in [9.17, 15) is 35.9 Å². The first-order chi connectivity index (χ1) is 19.9. The van der Waals surface area contributed by atoms with Crippen LogP contribution in [0.1, 0.15) is 31.8 Å². The van der Waals surface area contributed by atoms with Gasteiger partial charge in [0.15, 0.2) is 0 Å². The van der Waals surface area contributed by atoms with Gasteiger partial charge in [0, 0.05) is 0 Å². The summed E-state index contributed by atoms with van der Waals surface area (Å²) in [6, 6.07) is 17.5. The molecule has 240 valence electrons. The van der Waals surface area contributed by atoms with Crippen LogP contribution in [0.3, 0.4) is 0 Å². The fourth-order valence-corrected chi connectivity index (χ4v) is 8.28. The Balaban J connectivity index is 2.03. The van der Waals surface area contributed by atoms with Crippen LogP contribution in [0.25, 0.3) is 0 Å². The second kappa shape index (κ2) is 12.2. The van der Waals surface area contributed by atoms with Crippen molar-refractivity contribution in [3.05, 3.63) is 101 Å². The minimum atomic E-state index is -5.11. The molecule has 3 aromatic rings. The van der Waals surface area contributed by atoms with Crippen LogP contribution >= 0.6 is 13.7 Å². The number of carbonyl (C=O) groups is 2. The Bertz CT molecular complexity index is 1390. The van der Waals surface area contributed by atoms with Crippen molar-refractivity contribution < 1.29 is 49.5 Å². The fourth-order valence-electron chi connectivity index (χ4n) is 4.29. The van der Waals surface area contributed by atoms with Crippen LogP contribution in [0.2, 0.25) is 0 Å². The summed E-state index contributed by atoms with van der Waals surface area (Å²) < 4.78 is 99.8. The third-order valence-corrected chi connectivity index (χ3v) is 10.9. The molecule has 0 aliphatic heterocycles. The van der Waals surface area contributed by atoms with Crippen molar-refractivity contribution in [2.24, 2.45) is 0 Å². The molecule has 0 amide bonds. The zero-order valence-corrected chi connectivity index (χ0v) is 27.0. The molecule has 0 radical (unpaired) electrons. The van der Waals surface area contributed by atoms with Crippen molar-refractivity contribution in [1.29, 1.82) is 0 Å². The zero-order chi connectivity index (χ0) is 33.2. The molecule has 14 heteroatoms. The van der Waals surface area contributed by atoms with E-state index in [4.69, 9.17) is 13.5 Å². The number of carbonyl (C=O) groups excluding carboxylic acids is 2. The molecule has 44 heavy (non-hydrogen) atoms. The molecular weight excluding hydrogens is 627 g/mol. The number of rotatable bonds is 12. The predicted molar refractivity (Wildman–Crippen MR) is 166 cm³/mol. The van der Waals surface area contributed by atoms with Crippen molar-refractivity contribution in [1.82, 2.24) is 0 Å². The maximum absolute atomic E-state index is 13.6. The molecule has 0 aliphatic carbocycles. The van der Waals surface area contributed by atoms with E-state index in [0.29, 0.717) is 23.3 Å². The SMILES string of the molecule is CP(C)(C)(CC(=O)c1ccccc1)OB(Oc1cc(C(F)(F)F)cc(C(F)(F)F)c1)OP(C)(C)(C)CC(=O)c1ccccc1. The van der Waals surface area contributed by atoms with E-state index >= 15 is 0 Å². The third-order valence-electron chi connectivity index (χ3n) is 6.30. The number of hydrogen-bond donors (Lipinski definition) is 0. The fraction of sp³-hybridized carbons (Fsp3) is 0.333. The number of hydrogen-bond acceptors (Lipinski definition) is 5. The summed E-state index contributed by atoms with van der Waals surface area (Å²) in [5, 5.41) is 0. The molecule has 0 aliphatic rings. The van der Waals surface area contributed by atoms with Gasteiger partial charge >= 0.3 is 254 Å². The van der Waals surface area contributed by atoms with Gasteiger partial charge in [-0.05, 0) is 0 Å². The van der Waals surface area contributed by atoms with Gasteiger partial charge in [-0.2, -0.15) is 0 Å². The first kappa shape index (κ1) is 35.7. The number of Topliss-reactive ketones (excluding diaryl/α,β-unsaturated/α-hetero) is 2. The summed E-state index contributed by atoms with van der Waals surface area (Å²) in [5.74, 6) is -1.37. The molecule has 0 aromatic heterocycles. The Kier molecular flexibility index (Phi) is 9.90. The second-order valence-electron chi connectivity index (χ2n) is 13.2. The van der Waals surface area contributed by atoms with Crippen LogP contribution in [0.15, 0.2) is 78.9 Å². The Morgan fingerprint density at radius 3 is 1.27 bits per heavy atom. The van der Waals surface area contributed by atoms with Crippen molar-refractivity contribution >= 4 is 32.5 Å². The van der Waals surface area contributed by atoms with Gasteiger partial charge in [-0.25, -0.2) is 0 Å². The molecule has 0 fully saturated rings. The van der Waals surface area contributed by atoms with E-state index in [2.05, 4.69) is 0 Å². The minimum absolute atomic E-state index is 0.0143. The first-order valence-corrected chi connectivity index (χ1v) is 20.8. The van der Waals surface area contributed by atoms with Gasteiger partial charge in [-0.3, -0.25) is 0 Å². The molecule has 0 heterocycles. The van der Waals surface area contributed by atoms with Crippen LogP contribution in [-0.2, 0) is 21.2 Å². The first-order valence-electron chi connectivity index (χ1n) is 13.4. The van der Waals surface area contributed by atoms with Crippen LogP contribution in [0, 0.1) is 0 Å². The summed E-state index contributed by atoms with van der Waals surface area (Å²) in [7, 11) is -1.86. The summed E-state index contributed by atoms with van der Waals surface area (Å²) in [4.78, 5) is 26.3. The van der Waals surface area contributed by atoms with E-state index in [-0.39, 0.29) is 30.0 Å². The Hall–Kier alpha value is -2.78. The summed E-state index contributed by atoms with van der Waals surface area (Å²) in [5.41, 5.74) is -2.36. The van der Waals surface area contributed by atoms with Crippen LogP contribution < -0.4 is 4.65 Å². The van der Waals surface area contributed by atoms with E-state index in [1.807, 2.05) is 0 Å². The Labute approximate surface area is 253 Å². The van der Waals surface area contributed by atoms with Gasteiger partial charge in [0.1, 0.15) is 0 Å². The molecule has 5 nitrogen and oxygen atoms in total. The van der Waals surface area contributed by atoms with Crippen LogP contribution in [0.4, 0.5) is 26.3 Å². The van der Waals surface area contributed by atoms with Gasteiger partial charge in [0.2, 0.25) is 0 Å². The molecule has 0 saturated carbocycles. The molecule has 0 N–H and O–H groups in total. The topological polar surface area (TPSA) is 61.8 Å². The Morgan fingerprint density at radius 2 is 0.955 bits per heavy atom. The predicted octanol–water partition coefficient (Wildman–Crippen LogP) is 8.60. The van der Waals surface area contributed by atoms with Gasteiger partial charge in [-0.1, -0.05) is 0 Å². The summed E-state index contributed by atoms with van der Waals surface area (Å²) in [6.45, 7) is 2.73. The number of benzene rings is 3. The number of halogens is 6. The summed E-state index contributed by atoms with van der Waals surface area (Å²) >= 11 is 0. The van der Waals surface area contributed by atoms with E-state index in [1.54, 1.807) is 101 Å². The molecule has 3 aromatic carbocycles. The average molecular weight is 662 g/mol. The van der Waals surface area contributed by atoms with Gasteiger partial charge in [0.05, 0.1) is 0 Å². The average Bonchev–Trinajstić information content (AvgIpc) is 2.86. The van der Waals surface area contributed by atoms with Gasteiger partial charge < -0.3 is 0 Å². The van der Waals surface area contributed by atoms with Gasteiger partial charge in [-0.15, -0.1) is 0 Å². The van der Waals surface area contributed by atoms with E-state index in [0.717, 1.165) is 0 Å². The van der Waals surface area contributed by atoms with Crippen molar-refractivity contribution in [3.8, 4) is 5.75 Å². The quantitative estimate of drug-likeness (QED) is 0.0842. The monoisotopic (exact) mass is 662 g/mol. The van der Waals surface area contributed by atoms with Crippen molar-refractivity contribution in [3.63, 3.8) is 0 Å². The van der Waals surface area contributed by atoms with Crippen LogP contribution in [0.5, 0.6) is 5.75 Å². The zero-order valence-electron chi connectivity index (χ0n) is 25.2. The standard InChI is InChI=1S/C30H35BF6O5P2/c1-43(2,3,20-27(38)22-13-9-7-10-14-22)41-31(42-44(4,5,6)21-28(39)23-15-11-8-12-16-23)40-26-18-24(29(32,33)34)17-25(19-26)30(35,36)37/h7-19H,20-21H2,1-6H3. The number of alkyl halides is 6. The van der Waals surface area contributed by atoms with Crippen LogP contribution in [-0.4, -0.2) is 71.2 Å². The molecule has 0 atom stereocenters. The van der Waals surface area contributed by atoms with Crippen molar-refractivity contribution in [2.75, 3.05) is 52.3 Å². The third kappa shape index (κ3) is 10.7. The van der Waals surface area contributed by atoms with Gasteiger partial charge in [0.25, 0.3) is 0 Å². The molecule has 0 spiro atoms. The maximum atomic E-state index is 13.6. The molecular formula is C30H35BF6O5P2. The molecule has 0 unspecified atom stereocenters. The molecule has 0 bridgehead atoms. The normalized spacial score (nSPS) is 14.5.